The second-order valence-electron chi connectivity index (χ2n) is 6.47. The van der Waals surface area contributed by atoms with Crippen LogP contribution in [0.2, 0.25) is 0 Å². The Kier molecular flexibility index (Phi) is 7.73. The quantitative estimate of drug-likeness (QED) is 0.240. The topological polar surface area (TPSA) is 187 Å². The minimum absolute atomic E-state index is 0.515. The van der Waals surface area contributed by atoms with Gasteiger partial charge in [-0.2, -0.15) is 0 Å². The molecule has 12 nitrogen and oxygen atoms in total. The summed E-state index contributed by atoms with van der Waals surface area (Å²) in [5, 5.41) is 61.5. The maximum Gasteiger partial charge on any atom is 0.407 e. The summed E-state index contributed by atoms with van der Waals surface area (Å²) in [6, 6.07) is 0. The molecule has 2 saturated heterocycles. The van der Waals surface area contributed by atoms with E-state index in [1.54, 1.807) is 0 Å². The van der Waals surface area contributed by atoms with Crippen LogP contribution in [0.1, 0.15) is 6.92 Å². The molecule has 12 heteroatoms. The largest absolute Gasteiger partial charge is 0.440 e. The highest BCUT2D eigenvalue weighted by Gasteiger charge is 2.51. The zero-order valence-electron chi connectivity index (χ0n) is 14.9. The van der Waals surface area contributed by atoms with Crippen molar-refractivity contribution in [3.8, 4) is 0 Å². The van der Waals surface area contributed by atoms with Crippen molar-refractivity contribution in [1.82, 2.24) is 5.32 Å². The molecule has 0 spiro atoms. The van der Waals surface area contributed by atoms with Gasteiger partial charge in [0.15, 0.2) is 12.4 Å². The molecule has 158 valence electrons. The van der Waals surface area contributed by atoms with Crippen molar-refractivity contribution in [3.05, 3.63) is 0 Å². The summed E-state index contributed by atoms with van der Waals surface area (Å²) in [7, 11) is 1.29. The zero-order valence-corrected chi connectivity index (χ0v) is 14.9. The van der Waals surface area contributed by atoms with Crippen molar-refractivity contribution in [2.24, 2.45) is 0 Å². The molecule has 0 bridgehead atoms. The van der Waals surface area contributed by atoms with E-state index in [4.69, 9.17) is 18.9 Å². The Balaban J connectivity index is 2.14. The minimum atomic E-state index is -1.66. The molecule has 2 fully saturated rings. The summed E-state index contributed by atoms with van der Waals surface area (Å²) in [5.41, 5.74) is 0. The minimum Gasteiger partial charge on any atom is -0.440 e. The highest BCUT2D eigenvalue weighted by atomic mass is 16.7. The number of amides is 1. The van der Waals surface area contributed by atoms with E-state index in [0.29, 0.717) is 0 Å². The third-order valence-corrected chi connectivity index (χ3v) is 4.66. The highest BCUT2D eigenvalue weighted by Crippen LogP contribution is 2.30. The summed E-state index contributed by atoms with van der Waals surface area (Å²) in [4.78, 5) is 11.5. The normalized spacial score (nSPS) is 45.3. The second-order valence-corrected chi connectivity index (χ2v) is 6.47. The van der Waals surface area contributed by atoms with Gasteiger partial charge >= 0.3 is 6.09 Å². The molecule has 1 amide bonds. The predicted octanol–water partition coefficient (Wildman–Crippen LogP) is -3.96. The molecule has 1 unspecified atom stereocenters. The zero-order chi connectivity index (χ0) is 20.3. The van der Waals surface area contributed by atoms with Crippen LogP contribution in [0.15, 0.2) is 0 Å². The number of hydrogen-bond acceptors (Lipinski definition) is 11. The maximum absolute atomic E-state index is 11.5. The molecule has 0 saturated carbocycles. The van der Waals surface area contributed by atoms with Crippen molar-refractivity contribution in [3.63, 3.8) is 0 Å². The number of aliphatic hydroxyl groups is 6. The van der Waals surface area contributed by atoms with E-state index in [0.717, 1.165) is 0 Å². The van der Waals surface area contributed by atoms with Gasteiger partial charge in [-0.1, -0.05) is 0 Å². The standard InChI is InChI=1S/C15H27NO11/c1-5-12(10(21)8(19)6(3-17)24-5)26-14-11(22)13(27-15(23)16-2)9(20)7(4-18)25-14/h5-14,17-22H,3-4H2,1-2H3,(H,16,23)/t5?,6-,7+,8+,9+,10-,11-,12+,13+,14+/m0/s1. The van der Waals surface area contributed by atoms with E-state index in [-0.39, 0.29) is 0 Å². The van der Waals surface area contributed by atoms with Crippen molar-refractivity contribution in [1.29, 1.82) is 0 Å². The summed E-state index contributed by atoms with van der Waals surface area (Å²) in [6.07, 6.45) is -14.2. The van der Waals surface area contributed by atoms with E-state index < -0.39 is 80.5 Å². The molecule has 2 aliphatic rings. The molecule has 2 aliphatic heterocycles. The van der Waals surface area contributed by atoms with Gasteiger partial charge in [0, 0.05) is 7.05 Å². The SMILES string of the molecule is CNC(=O)O[C@H]1[C@H](O)[C@@H](O[C@@H]2C(C)O[C@@H](CO)[C@@H](O)[C@@H]2O)O[C@H](CO)[C@H]1O. The lowest BCUT2D eigenvalue weighted by atomic mass is 9.95. The molecular weight excluding hydrogens is 370 g/mol. The fourth-order valence-corrected chi connectivity index (χ4v) is 3.11. The Morgan fingerprint density at radius 3 is 2.07 bits per heavy atom. The van der Waals surface area contributed by atoms with Gasteiger partial charge in [-0.05, 0) is 6.92 Å². The lowest BCUT2D eigenvalue weighted by Gasteiger charge is -2.46. The van der Waals surface area contributed by atoms with Crippen LogP contribution in [0.25, 0.3) is 0 Å². The average molecular weight is 397 g/mol. The van der Waals surface area contributed by atoms with Crippen molar-refractivity contribution < 1.29 is 54.4 Å². The molecule has 0 radical (unpaired) electrons. The van der Waals surface area contributed by atoms with Gasteiger partial charge < -0.3 is 54.9 Å². The fourth-order valence-electron chi connectivity index (χ4n) is 3.11. The molecule has 10 atom stereocenters. The van der Waals surface area contributed by atoms with Crippen LogP contribution in [0.5, 0.6) is 0 Å². The predicted molar refractivity (Wildman–Crippen MR) is 85.4 cm³/mol. The number of hydrogen-bond donors (Lipinski definition) is 7. The van der Waals surface area contributed by atoms with Crippen LogP contribution in [-0.2, 0) is 18.9 Å². The van der Waals surface area contributed by atoms with E-state index in [9.17, 15) is 35.4 Å². The Hall–Kier alpha value is -1.09. The van der Waals surface area contributed by atoms with Gasteiger partial charge in [-0.25, -0.2) is 4.79 Å². The third-order valence-electron chi connectivity index (χ3n) is 4.66. The Morgan fingerprint density at radius 2 is 1.52 bits per heavy atom. The highest BCUT2D eigenvalue weighted by molar-refractivity contribution is 5.67. The van der Waals surface area contributed by atoms with Crippen LogP contribution < -0.4 is 5.32 Å². The molecule has 27 heavy (non-hydrogen) atoms. The van der Waals surface area contributed by atoms with Crippen LogP contribution in [0.4, 0.5) is 4.79 Å². The molecule has 0 aliphatic carbocycles. The molecule has 7 N–H and O–H groups in total. The van der Waals surface area contributed by atoms with E-state index in [1.165, 1.54) is 14.0 Å². The molecule has 0 aromatic carbocycles. The molecule has 2 rings (SSSR count). The third kappa shape index (κ3) is 4.67. The van der Waals surface area contributed by atoms with Gasteiger partial charge in [0.1, 0.15) is 42.7 Å². The lowest BCUT2D eigenvalue weighted by molar-refractivity contribution is -0.339. The van der Waals surface area contributed by atoms with Gasteiger partial charge in [0.2, 0.25) is 0 Å². The number of rotatable bonds is 5. The first kappa shape index (κ1) is 22.2. The number of carbonyl (C=O) groups is 1. The van der Waals surface area contributed by atoms with Crippen molar-refractivity contribution in [2.45, 2.75) is 68.1 Å². The van der Waals surface area contributed by atoms with Gasteiger partial charge in [-0.15, -0.1) is 0 Å². The number of alkyl carbamates (subject to hydrolysis) is 1. The number of carbonyl (C=O) groups excluding carboxylic acids is 1. The van der Waals surface area contributed by atoms with Gasteiger partial charge in [-0.3, -0.25) is 0 Å². The molecular formula is C15H27NO11. The average Bonchev–Trinajstić information content (AvgIpc) is 2.66. The first-order valence-electron chi connectivity index (χ1n) is 8.53. The number of nitrogens with one attached hydrogen (secondary N) is 1. The van der Waals surface area contributed by atoms with Crippen LogP contribution in [0.3, 0.4) is 0 Å². The van der Waals surface area contributed by atoms with Crippen LogP contribution >= 0.6 is 0 Å². The summed E-state index contributed by atoms with van der Waals surface area (Å²) < 4.78 is 21.1. The van der Waals surface area contributed by atoms with E-state index in [2.05, 4.69) is 5.32 Å². The summed E-state index contributed by atoms with van der Waals surface area (Å²) >= 11 is 0. The maximum atomic E-state index is 11.5. The monoisotopic (exact) mass is 397 g/mol. The van der Waals surface area contributed by atoms with Crippen LogP contribution in [-0.4, -0.2) is 118 Å². The number of aliphatic hydroxyl groups excluding tert-OH is 6. The summed E-state index contributed by atoms with van der Waals surface area (Å²) in [5.74, 6) is 0. The Morgan fingerprint density at radius 1 is 0.926 bits per heavy atom. The lowest BCUT2D eigenvalue weighted by Crippen LogP contribution is -2.64. The van der Waals surface area contributed by atoms with Crippen molar-refractivity contribution >= 4 is 6.09 Å². The number of ether oxygens (including phenoxy) is 4. The fraction of sp³-hybridized carbons (Fsp3) is 0.933. The molecule has 2 heterocycles. The van der Waals surface area contributed by atoms with E-state index in [1.807, 2.05) is 0 Å². The Labute approximate surface area is 155 Å². The first-order valence-corrected chi connectivity index (χ1v) is 8.53. The first-order chi connectivity index (χ1) is 12.7. The van der Waals surface area contributed by atoms with Crippen LogP contribution in [0, 0.1) is 0 Å². The molecule has 0 aromatic rings. The van der Waals surface area contributed by atoms with Gasteiger partial charge in [0.05, 0.1) is 19.3 Å². The van der Waals surface area contributed by atoms with E-state index >= 15 is 0 Å². The molecule has 0 aromatic heterocycles. The second kappa shape index (κ2) is 9.41. The van der Waals surface area contributed by atoms with Crippen molar-refractivity contribution in [2.75, 3.05) is 20.3 Å². The Bertz CT molecular complexity index is 494. The smallest absolute Gasteiger partial charge is 0.407 e. The summed E-state index contributed by atoms with van der Waals surface area (Å²) in [6.45, 7) is 0.350. The van der Waals surface area contributed by atoms with Gasteiger partial charge in [0.25, 0.3) is 0 Å².